The van der Waals surface area contributed by atoms with E-state index in [4.69, 9.17) is 9.47 Å². The van der Waals surface area contributed by atoms with Gasteiger partial charge in [0.2, 0.25) is 0 Å². The number of methoxy groups -OCH3 is 1. The molecule has 0 amide bonds. The van der Waals surface area contributed by atoms with E-state index in [9.17, 15) is 0 Å². The van der Waals surface area contributed by atoms with Gasteiger partial charge in [-0.2, -0.15) is 0 Å². The maximum Gasteiger partial charge on any atom is 0.161 e. The van der Waals surface area contributed by atoms with Gasteiger partial charge in [0.05, 0.1) is 13.7 Å². The quantitative estimate of drug-likeness (QED) is 0.744. The SMILES string of the molecule is CCOc1cc(CCCN(C)C)c(C)cc1OC. The van der Waals surface area contributed by atoms with E-state index in [1.54, 1.807) is 7.11 Å². The Kier molecular flexibility index (Phi) is 5.99. The van der Waals surface area contributed by atoms with Crippen LogP contribution in [0.1, 0.15) is 24.5 Å². The highest BCUT2D eigenvalue weighted by Gasteiger charge is 2.09. The number of benzene rings is 1. The molecule has 0 N–H and O–H groups in total. The summed E-state index contributed by atoms with van der Waals surface area (Å²) in [5.74, 6) is 1.68. The largest absolute Gasteiger partial charge is 0.493 e. The Balaban J connectivity index is 2.80. The van der Waals surface area contributed by atoms with Crippen LogP contribution in [-0.4, -0.2) is 39.3 Å². The standard InChI is InChI=1S/C15H25NO2/c1-6-18-15-11-13(8-7-9-16(3)4)12(2)10-14(15)17-5/h10-11H,6-9H2,1-5H3. The first-order chi connectivity index (χ1) is 8.58. The monoisotopic (exact) mass is 251 g/mol. The molecule has 0 bridgehead atoms. The van der Waals surface area contributed by atoms with Crippen molar-refractivity contribution in [2.45, 2.75) is 26.7 Å². The van der Waals surface area contributed by atoms with Crippen LogP contribution in [0.3, 0.4) is 0 Å². The van der Waals surface area contributed by atoms with Gasteiger partial charge in [0, 0.05) is 0 Å². The van der Waals surface area contributed by atoms with Crippen molar-refractivity contribution in [3.05, 3.63) is 23.3 Å². The Morgan fingerprint density at radius 2 is 1.89 bits per heavy atom. The Morgan fingerprint density at radius 1 is 1.17 bits per heavy atom. The topological polar surface area (TPSA) is 21.7 Å². The average Bonchev–Trinajstić information content (AvgIpc) is 2.32. The molecular weight excluding hydrogens is 226 g/mol. The van der Waals surface area contributed by atoms with Crippen molar-refractivity contribution in [3.63, 3.8) is 0 Å². The minimum absolute atomic E-state index is 0.663. The normalized spacial score (nSPS) is 10.8. The Morgan fingerprint density at radius 3 is 2.44 bits per heavy atom. The summed E-state index contributed by atoms with van der Waals surface area (Å²) in [6.07, 6.45) is 2.24. The second kappa shape index (κ2) is 7.27. The van der Waals surface area contributed by atoms with Crippen LogP contribution in [0.15, 0.2) is 12.1 Å². The molecule has 0 radical (unpaired) electrons. The highest BCUT2D eigenvalue weighted by Crippen LogP contribution is 2.31. The van der Waals surface area contributed by atoms with E-state index in [1.165, 1.54) is 11.1 Å². The molecule has 102 valence electrons. The third-order valence-electron chi connectivity index (χ3n) is 2.97. The molecule has 0 aliphatic carbocycles. The van der Waals surface area contributed by atoms with Crippen LogP contribution in [0.2, 0.25) is 0 Å². The first-order valence-corrected chi connectivity index (χ1v) is 6.53. The molecule has 18 heavy (non-hydrogen) atoms. The van der Waals surface area contributed by atoms with Gasteiger partial charge < -0.3 is 14.4 Å². The van der Waals surface area contributed by atoms with Crippen molar-refractivity contribution in [1.82, 2.24) is 4.90 Å². The van der Waals surface area contributed by atoms with Crippen LogP contribution in [0.4, 0.5) is 0 Å². The summed E-state index contributed by atoms with van der Waals surface area (Å²) in [5, 5.41) is 0. The second-order valence-electron chi connectivity index (χ2n) is 4.77. The van der Waals surface area contributed by atoms with E-state index in [0.29, 0.717) is 6.61 Å². The Hall–Kier alpha value is -1.22. The van der Waals surface area contributed by atoms with Crippen LogP contribution < -0.4 is 9.47 Å². The maximum atomic E-state index is 5.62. The molecule has 0 unspecified atom stereocenters. The van der Waals surface area contributed by atoms with Crippen molar-refractivity contribution >= 4 is 0 Å². The summed E-state index contributed by atoms with van der Waals surface area (Å²) in [4.78, 5) is 2.21. The van der Waals surface area contributed by atoms with Crippen LogP contribution in [0.25, 0.3) is 0 Å². The Labute approximate surface area is 111 Å². The molecule has 1 aromatic carbocycles. The van der Waals surface area contributed by atoms with Gasteiger partial charge in [-0.25, -0.2) is 0 Å². The van der Waals surface area contributed by atoms with Gasteiger partial charge in [0.25, 0.3) is 0 Å². The second-order valence-corrected chi connectivity index (χ2v) is 4.77. The number of hydrogen-bond donors (Lipinski definition) is 0. The number of aryl methyl sites for hydroxylation is 2. The van der Waals surface area contributed by atoms with Crippen molar-refractivity contribution in [3.8, 4) is 11.5 Å². The van der Waals surface area contributed by atoms with Crippen LogP contribution in [0, 0.1) is 6.92 Å². The van der Waals surface area contributed by atoms with Crippen LogP contribution in [0.5, 0.6) is 11.5 Å². The molecule has 0 aliphatic heterocycles. The van der Waals surface area contributed by atoms with Gasteiger partial charge >= 0.3 is 0 Å². The number of ether oxygens (including phenoxy) is 2. The lowest BCUT2D eigenvalue weighted by atomic mass is 10.0. The summed E-state index contributed by atoms with van der Waals surface area (Å²) in [6, 6.07) is 4.18. The molecular formula is C15H25NO2. The van der Waals surface area contributed by atoms with E-state index >= 15 is 0 Å². The van der Waals surface area contributed by atoms with Gasteiger partial charge in [0.15, 0.2) is 11.5 Å². The molecule has 0 aliphatic rings. The maximum absolute atomic E-state index is 5.62. The minimum Gasteiger partial charge on any atom is -0.493 e. The number of rotatable bonds is 7. The fraction of sp³-hybridized carbons (Fsp3) is 0.600. The van der Waals surface area contributed by atoms with E-state index in [1.807, 2.05) is 6.92 Å². The van der Waals surface area contributed by atoms with Gasteiger partial charge in [-0.05, 0) is 70.6 Å². The molecule has 1 rings (SSSR count). The summed E-state index contributed by atoms with van der Waals surface area (Å²) < 4.78 is 11.0. The van der Waals surface area contributed by atoms with Gasteiger partial charge in [-0.1, -0.05) is 0 Å². The third kappa shape index (κ3) is 4.22. The summed E-state index contributed by atoms with van der Waals surface area (Å²) >= 11 is 0. The predicted molar refractivity (Wildman–Crippen MR) is 75.8 cm³/mol. The van der Waals surface area contributed by atoms with Gasteiger partial charge in [0.1, 0.15) is 0 Å². The summed E-state index contributed by atoms with van der Waals surface area (Å²) in [7, 11) is 5.89. The lowest BCUT2D eigenvalue weighted by Gasteiger charge is -2.15. The van der Waals surface area contributed by atoms with Crippen LogP contribution in [-0.2, 0) is 6.42 Å². The zero-order valence-electron chi connectivity index (χ0n) is 12.2. The number of nitrogens with zero attached hydrogens (tertiary/aromatic N) is 1. The first-order valence-electron chi connectivity index (χ1n) is 6.53. The van der Waals surface area contributed by atoms with Crippen molar-refractivity contribution in [2.24, 2.45) is 0 Å². The zero-order valence-corrected chi connectivity index (χ0v) is 12.2. The average molecular weight is 251 g/mol. The fourth-order valence-corrected chi connectivity index (χ4v) is 1.99. The molecule has 0 fully saturated rings. The van der Waals surface area contributed by atoms with E-state index in [0.717, 1.165) is 30.9 Å². The molecule has 0 aromatic heterocycles. The molecule has 3 heteroatoms. The molecule has 0 saturated carbocycles. The van der Waals surface area contributed by atoms with Gasteiger partial charge in [-0.3, -0.25) is 0 Å². The summed E-state index contributed by atoms with van der Waals surface area (Å²) in [5.41, 5.74) is 2.62. The van der Waals surface area contributed by atoms with Gasteiger partial charge in [-0.15, -0.1) is 0 Å². The Bertz CT molecular complexity index is 375. The van der Waals surface area contributed by atoms with Crippen molar-refractivity contribution in [1.29, 1.82) is 0 Å². The molecule has 0 spiro atoms. The molecule has 3 nitrogen and oxygen atoms in total. The summed E-state index contributed by atoms with van der Waals surface area (Å²) in [6.45, 7) is 5.89. The minimum atomic E-state index is 0.663. The zero-order chi connectivity index (χ0) is 13.5. The fourth-order valence-electron chi connectivity index (χ4n) is 1.99. The smallest absolute Gasteiger partial charge is 0.161 e. The lowest BCUT2D eigenvalue weighted by molar-refractivity contribution is 0.310. The van der Waals surface area contributed by atoms with E-state index < -0.39 is 0 Å². The highest BCUT2D eigenvalue weighted by molar-refractivity contribution is 5.47. The molecule has 0 heterocycles. The molecule has 1 aromatic rings. The molecule has 0 saturated heterocycles. The van der Waals surface area contributed by atoms with Crippen molar-refractivity contribution in [2.75, 3.05) is 34.4 Å². The van der Waals surface area contributed by atoms with E-state index in [-0.39, 0.29) is 0 Å². The lowest BCUT2D eigenvalue weighted by Crippen LogP contribution is -2.13. The number of hydrogen-bond acceptors (Lipinski definition) is 3. The molecule has 0 atom stereocenters. The van der Waals surface area contributed by atoms with Crippen LogP contribution >= 0.6 is 0 Å². The van der Waals surface area contributed by atoms with Crippen molar-refractivity contribution < 1.29 is 9.47 Å². The predicted octanol–water partition coefficient (Wildman–Crippen LogP) is 2.90. The third-order valence-corrected chi connectivity index (χ3v) is 2.97. The first kappa shape index (κ1) is 14.8. The van der Waals surface area contributed by atoms with E-state index in [2.05, 4.69) is 38.1 Å². The highest BCUT2D eigenvalue weighted by atomic mass is 16.5.